The number of rotatable bonds is 1. The van der Waals surface area contributed by atoms with Crippen molar-refractivity contribution < 1.29 is 0 Å². The minimum atomic E-state index is 0.582. The summed E-state index contributed by atoms with van der Waals surface area (Å²) in [5, 5.41) is 0.934. The Morgan fingerprint density at radius 2 is 2.44 bits per heavy atom. The lowest BCUT2D eigenvalue weighted by molar-refractivity contribution is 0.367. The molecule has 0 radical (unpaired) electrons. The monoisotopic (exact) mass is 144 g/mol. The van der Waals surface area contributed by atoms with Gasteiger partial charge in [0.05, 0.1) is 10.9 Å². The van der Waals surface area contributed by atoms with Crippen LogP contribution >= 0.6 is 11.8 Å². The quantitative estimate of drug-likeness (QED) is 0.599. The second-order valence-electron chi connectivity index (χ2n) is 2.41. The zero-order valence-electron chi connectivity index (χ0n) is 5.79. The van der Waals surface area contributed by atoms with Gasteiger partial charge in [0.2, 0.25) is 0 Å². The predicted molar refractivity (Wildman–Crippen MR) is 41.7 cm³/mol. The summed E-state index contributed by atoms with van der Waals surface area (Å²) in [5.74, 6) is 1.02. The van der Waals surface area contributed by atoms with Gasteiger partial charge >= 0.3 is 0 Å². The van der Waals surface area contributed by atoms with Crippen LogP contribution in [0.25, 0.3) is 0 Å². The van der Waals surface area contributed by atoms with E-state index in [1.165, 1.54) is 0 Å². The average molecular weight is 144 g/mol. The van der Waals surface area contributed by atoms with Gasteiger partial charge < -0.3 is 10.6 Å². The lowest BCUT2D eigenvalue weighted by atomic mass is 10.4. The standard InChI is InChI=1S/C6H12N2S/c1-5(2)8-3-6(7)9-4-8/h3,5H,4,7H2,1-2H3. The highest BCUT2D eigenvalue weighted by Crippen LogP contribution is 2.21. The first-order chi connectivity index (χ1) is 4.20. The maximum atomic E-state index is 5.55. The summed E-state index contributed by atoms with van der Waals surface area (Å²) in [6, 6.07) is 0.582. The van der Waals surface area contributed by atoms with Crippen LogP contribution in [0.3, 0.4) is 0 Å². The summed E-state index contributed by atoms with van der Waals surface area (Å²) in [7, 11) is 0. The first kappa shape index (κ1) is 6.81. The molecule has 9 heavy (non-hydrogen) atoms. The largest absolute Gasteiger partial charge is 0.392 e. The van der Waals surface area contributed by atoms with Gasteiger partial charge in [-0.2, -0.15) is 0 Å². The third kappa shape index (κ3) is 1.55. The normalized spacial score (nSPS) is 19.0. The molecule has 0 saturated heterocycles. The first-order valence-electron chi connectivity index (χ1n) is 3.06. The molecule has 0 aromatic heterocycles. The molecule has 0 unspecified atom stereocenters. The molecular weight excluding hydrogens is 132 g/mol. The highest BCUT2D eigenvalue weighted by atomic mass is 32.2. The van der Waals surface area contributed by atoms with E-state index in [1.807, 2.05) is 6.20 Å². The lowest BCUT2D eigenvalue weighted by Gasteiger charge is -2.18. The first-order valence-corrected chi connectivity index (χ1v) is 4.04. The smallest absolute Gasteiger partial charge is 0.0835 e. The van der Waals surface area contributed by atoms with E-state index in [-0.39, 0.29) is 0 Å². The van der Waals surface area contributed by atoms with Gasteiger partial charge in [0, 0.05) is 12.2 Å². The van der Waals surface area contributed by atoms with Gasteiger partial charge in [-0.1, -0.05) is 11.8 Å². The molecule has 1 rings (SSSR count). The van der Waals surface area contributed by atoms with Crippen molar-refractivity contribution in [2.75, 3.05) is 5.88 Å². The minimum absolute atomic E-state index is 0.582. The molecule has 1 aliphatic heterocycles. The van der Waals surface area contributed by atoms with Crippen molar-refractivity contribution in [2.45, 2.75) is 19.9 Å². The molecule has 2 N–H and O–H groups in total. The fraction of sp³-hybridized carbons (Fsp3) is 0.667. The van der Waals surface area contributed by atoms with Crippen molar-refractivity contribution in [3.8, 4) is 0 Å². The van der Waals surface area contributed by atoms with Crippen molar-refractivity contribution in [3.05, 3.63) is 11.2 Å². The van der Waals surface area contributed by atoms with E-state index < -0.39 is 0 Å². The molecule has 0 aromatic rings. The van der Waals surface area contributed by atoms with E-state index >= 15 is 0 Å². The van der Waals surface area contributed by atoms with E-state index in [0.29, 0.717) is 6.04 Å². The Morgan fingerprint density at radius 1 is 1.78 bits per heavy atom. The van der Waals surface area contributed by atoms with E-state index in [4.69, 9.17) is 5.73 Å². The van der Waals surface area contributed by atoms with E-state index in [9.17, 15) is 0 Å². The molecular formula is C6H12N2S. The number of nitrogens with zero attached hydrogens (tertiary/aromatic N) is 1. The maximum absolute atomic E-state index is 5.55. The Hall–Kier alpha value is -0.310. The molecule has 0 bridgehead atoms. The molecule has 0 fully saturated rings. The SMILES string of the molecule is CC(C)N1C=C(N)SC1. The summed E-state index contributed by atoms with van der Waals surface area (Å²) in [6.45, 7) is 4.32. The Balaban J connectivity index is 2.47. The second kappa shape index (κ2) is 2.52. The second-order valence-corrected chi connectivity index (χ2v) is 3.43. The molecule has 1 heterocycles. The molecule has 0 saturated carbocycles. The number of thioether (sulfide) groups is 1. The summed E-state index contributed by atoms with van der Waals surface area (Å²) in [6.07, 6.45) is 2.01. The summed E-state index contributed by atoms with van der Waals surface area (Å²) < 4.78 is 0. The molecule has 0 atom stereocenters. The van der Waals surface area contributed by atoms with Crippen LogP contribution < -0.4 is 5.73 Å². The molecule has 2 nitrogen and oxygen atoms in total. The van der Waals surface area contributed by atoms with Gasteiger partial charge in [-0.15, -0.1) is 0 Å². The molecule has 0 aliphatic carbocycles. The van der Waals surface area contributed by atoms with E-state index in [0.717, 1.165) is 10.9 Å². The van der Waals surface area contributed by atoms with Gasteiger partial charge in [-0.05, 0) is 13.8 Å². The van der Waals surface area contributed by atoms with Crippen molar-refractivity contribution in [2.24, 2.45) is 5.73 Å². The fourth-order valence-corrected chi connectivity index (χ4v) is 1.57. The maximum Gasteiger partial charge on any atom is 0.0835 e. The minimum Gasteiger partial charge on any atom is -0.392 e. The Kier molecular flexibility index (Phi) is 1.90. The van der Waals surface area contributed by atoms with Gasteiger partial charge in [-0.3, -0.25) is 0 Å². The van der Waals surface area contributed by atoms with Crippen molar-refractivity contribution in [1.82, 2.24) is 4.90 Å². The van der Waals surface area contributed by atoms with Crippen molar-refractivity contribution in [1.29, 1.82) is 0 Å². The Morgan fingerprint density at radius 3 is 2.67 bits per heavy atom. The summed E-state index contributed by atoms with van der Waals surface area (Å²) in [5.41, 5.74) is 5.55. The molecule has 1 aliphatic rings. The Labute approximate surface area is 60.1 Å². The summed E-state index contributed by atoms with van der Waals surface area (Å²) >= 11 is 1.70. The molecule has 3 heteroatoms. The molecule has 0 amide bonds. The third-order valence-electron chi connectivity index (χ3n) is 1.34. The highest BCUT2D eigenvalue weighted by molar-refractivity contribution is 8.03. The molecule has 52 valence electrons. The van der Waals surface area contributed by atoms with Gasteiger partial charge in [0.1, 0.15) is 0 Å². The zero-order valence-corrected chi connectivity index (χ0v) is 6.61. The van der Waals surface area contributed by atoms with Crippen LogP contribution in [0.5, 0.6) is 0 Å². The number of hydrogen-bond acceptors (Lipinski definition) is 3. The van der Waals surface area contributed by atoms with Crippen LogP contribution in [0.4, 0.5) is 0 Å². The molecule has 0 spiro atoms. The van der Waals surface area contributed by atoms with Crippen molar-refractivity contribution >= 4 is 11.8 Å². The Bertz CT molecular complexity index is 131. The van der Waals surface area contributed by atoms with Gasteiger partial charge in [0.25, 0.3) is 0 Å². The summed E-state index contributed by atoms with van der Waals surface area (Å²) in [4.78, 5) is 2.22. The highest BCUT2D eigenvalue weighted by Gasteiger charge is 2.11. The number of hydrogen-bond donors (Lipinski definition) is 1. The number of nitrogens with two attached hydrogens (primary N) is 1. The van der Waals surface area contributed by atoms with Gasteiger partial charge in [0.15, 0.2) is 0 Å². The van der Waals surface area contributed by atoms with E-state index in [1.54, 1.807) is 11.8 Å². The van der Waals surface area contributed by atoms with Gasteiger partial charge in [-0.25, -0.2) is 0 Å². The van der Waals surface area contributed by atoms with Crippen LogP contribution in [0, 0.1) is 0 Å². The third-order valence-corrected chi connectivity index (χ3v) is 2.20. The van der Waals surface area contributed by atoms with Crippen LogP contribution in [-0.4, -0.2) is 16.8 Å². The van der Waals surface area contributed by atoms with Crippen LogP contribution in [0.1, 0.15) is 13.8 Å². The topological polar surface area (TPSA) is 29.3 Å². The van der Waals surface area contributed by atoms with Crippen LogP contribution in [0.15, 0.2) is 11.2 Å². The molecule has 0 aromatic carbocycles. The van der Waals surface area contributed by atoms with E-state index in [2.05, 4.69) is 18.7 Å². The van der Waals surface area contributed by atoms with Crippen LogP contribution in [0.2, 0.25) is 0 Å². The fourth-order valence-electron chi connectivity index (χ4n) is 0.685. The lowest BCUT2D eigenvalue weighted by Crippen LogP contribution is -2.21. The predicted octanol–water partition coefficient (Wildman–Crippen LogP) is 1.16. The average Bonchev–Trinajstić information content (AvgIpc) is 2.14. The van der Waals surface area contributed by atoms with Crippen LogP contribution in [-0.2, 0) is 0 Å². The zero-order chi connectivity index (χ0) is 6.85. The van der Waals surface area contributed by atoms with Crippen molar-refractivity contribution in [3.63, 3.8) is 0 Å².